The van der Waals surface area contributed by atoms with E-state index in [1.807, 2.05) is 30.3 Å². The van der Waals surface area contributed by atoms with E-state index in [1.165, 1.54) is 21.3 Å². The van der Waals surface area contributed by atoms with Crippen LogP contribution < -0.4 is 19.5 Å². The summed E-state index contributed by atoms with van der Waals surface area (Å²) in [6.07, 6.45) is 0. The highest BCUT2D eigenvalue weighted by molar-refractivity contribution is 6.30. The van der Waals surface area contributed by atoms with E-state index in [0.717, 1.165) is 5.56 Å². The molecule has 1 aromatic heterocycles. The predicted octanol–water partition coefficient (Wildman–Crippen LogP) is 4.94. The highest BCUT2D eigenvalue weighted by Gasteiger charge is 2.25. The summed E-state index contributed by atoms with van der Waals surface area (Å²) in [4.78, 5) is 13.3. The Bertz CT molecular complexity index is 1250. The first-order valence-electron chi connectivity index (χ1n) is 10.3. The summed E-state index contributed by atoms with van der Waals surface area (Å²) in [7, 11) is 4.47. The summed E-state index contributed by atoms with van der Waals surface area (Å²) >= 11 is 6.07. The number of methoxy groups -OCH3 is 3. The minimum Gasteiger partial charge on any atom is -0.493 e. The van der Waals surface area contributed by atoms with Crippen molar-refractivity contribution in [2.24, 2.45) is 0 Å². The van der Waals surface area contributed by atoms with Crippen LogP contribution in [0.3, 0.4) is 0 Å². The van der Waals surface area contributed by atoms with E-state index in [9.17, 15) is 4.79 Å². The molecule has 4 rings (SSSR count). The Morgan fingerprint density at radius 1 is 0.912 bits per heavy atom. The third-order valence-corrected chi connectivity index (χ3v) is 5.37. The van der Waals surface area contributed by atoms with Crippen LogP contribution in [0.2, 0.25) is 5.02 Å². The fourth-order valence-corrected chi connectivity index (χ4v) is 3.54. The normalized spacial score (nSPS) is 11.5. The Balaban J connectivity index is 1.70. The highest BCUT2D eigenvalue weighted by atomic mass is 35.5. The lowest BCUT2D eigenvalue weighted by molar-refractivity contribution is 0.0937. The molecule has 174 valence electrons. The monoisotopic (exact) mass is 479 g/mol. The molecule has 1 amide bonds. The number of benzene rings is 3. The lowest BCUT2D eigenvalue weighted by Crippen LogP contribution is -2.29. The van der Waals surface area contributed by atoms with E-state index in [2.05, 4.69) is 15.5 Å². The number of rotatable bonds is 8. The molecule has 3 aromatic carbocycles. The molecule has 0 saturated carbocycles. The van der Waals surface area contributed by atoms with Gasteiger partial charge in [0.2, 0.25) is 17.5 Å². The standard InChI is InChI=1S/C25H22ClN3O5/c1-31-19-13-17(14-20(32-2)22(19)33-3)23(30)27-21(15-9-11-18(26)12-10-15)25-29-28-24(34-25)16-7-5-4-6-8-16/h4-14,21H,1-3H3,(H,27,30)/t21-/m1/s1. The van der Waals surface area contributed by atoms with Crippen LogP contribution in [0.4, 0.5) is 0 Å². The summed E-state index contributed by atoms with van der Waals surface area (Å²) in [5.74, 6) is 1.27. The van der Waals surface area contributed by atoms with Crippen LogP contribution in [0.25, 0.3) is 11.5 Å². The van der Waals surface area contributed by atoms with Gasteiger partial charge in [0.1, 0.15) is 6.04 Å². The first kappa shape index (κ1) is 23.1. The molecule has 0 bridgehead atoms. The van der Waals surface area contributed by atoms with Crippen LogP contribution in [0.1, 0.15) is 27.9 Å². The Morgan fingerprint density at radius 2 is 1.56 bits per heavy atom. The maximum atomic E-state index is 13.3. The first-order valence-corrected chi connectivity index (χ1v) is 10.7. The van der Waals surface area contributed by atoms with Crippen LogP contribution in [0.5, 0.6) is 17.2 Å². The molecule has 0 aliphatic heterocycles. The summed E-state index contributed by atoms with van der Waals surface area (Å²) in [5, 5.41) is 11.9. The lowest BCUT2D eigenvalue weighted by atomic mass is 10.1. The van der Waals surface area contributed by atoms with Crippen molar-refractivity contribution in [3.05, 3.63) is 88.8 Å². The maximum Gasteiger partial charge on any atom is 0.252 e. The van der Waals surface area contributed by atoms with E-state index < -0.39 is 11.9 Å². The van der Waals surface area contributed by atoms with Crippen molar-refractivity contribution in [1.29, 1.82) is 0 Å². The minimum absolute atomic E-state index is 0.224. The van der Waals surface area contributed by atoms with E-state index >= 15 is 0 Å². The average molecular weight is 480 g/mol. The molecule has 1 heterocycles. The van der Waals surface area contributed by atoms with Crippen molar-refractivity contribution in [3.8, 4) is 28.7 Å². The smallest absolute Gasteiger partial charge is 0.252 e. The van der Waals surface area contributed by atoms with Crippen molar-refractivity contribution in [2.75, 3.05) is 21.3 Å². The van der Waals surface area contributed by atoms with Crippen LogP contribution >= 0.6 is 11.6 Å². The third-order valence-electron chi connectivity index (χ3n) is 5.11. The molecule has 0 saturated heterocycles. The summed E-state index contributed by atoms with van der Waals surface area (Å²) in [6, 6.07) is 18.8. The molecule has 0 aliphatic carbocycles. The number of carbonyl (C=O) groups excluding carboxylic acids is 1. The fourth-order valence-electron chi connectivity index (χ4n) is 3.42. The summed E-state index contributed by atoms with van der Waals surface area (Å²) < 4.78 is 22.0. The molecule has 1 atom stereocenters. The van der Waals surface area contributed by atoms with Crippen molar-refractivity contribution < 1.29 is 23.4 Å². The number of carbonyl (C=O) groups is 1. The number of hydrogen-bond acceptors (Lipinski definition) is 7. The van der Waals surface area contributed by atoms with Gasteiger partial charge >= 0.3 is 0 Å². The minimum atomic E-state index is -0.728. The third kappa shape index (κ3) is 4.82. The number of nitrogens with zero attached hydrogens (tertiary/aromatic N) is 2. The van der Waals surface area contributed by atoms with E-state index in [1.54, 1.807) is 36.4 Å². The van der Waals surface area contributed by atoms with Crippen LogP contribution in [-0.4, -0.2) is 37.4 Å². The fraction of sp³-hybridized carbons (Fsp3) is 0.160. The second-order valence-corrected chi connectivity index (χ2v) is 7.62. The van der Waals surface area contributed by atoms with Gasteiger partial charge in [-0.15, -0.1) is 10.2 Å². The predicted molar refractivity (Wildman–Crippen MR) is 127 cm³/mol. The molecule has 1 N–H and O–H groups in total. The maximum absolute atomic E-state index is 13.3. The van der Waals surface area contributed by atoms with E-state index in [-0.39, 0.29) is 5.89 Å². The van der Waals surface area contributed by atoms with Crippen molar-refractivity contribution in [1.82, 2.24) is 15.5 Å². The SMILES string of the molecule is COc1cc(C(=O)N[C@H](c2ccc(Cl)cc2)c2nnc(-c3ccccc3)o2)cc(OC)c1OC. The van der Waals surface area contributed by atoms with Gasteiger partial charge in [0.05, 0.1) is 21.3 Å². The second-order valence-electron chi connectivity index (χ2n) is 7.18. The number of ether oxygens (including phenoxy) is 3. The van der Waals surface area contributed by atoms with Crippen molar-refractivity contribution in [3.63, 3.8) is 0 Å². The summed E-state index contributed by atoms with van der Waals surface area (Å²) in [5.41, 5.74) is 1.79. The Labute approximate surface area is 201 Å². The number of aromatic nitrogens is 2. The summed E-state index contributed by atoms with van der Waals surface area (Å²) in [6.45, 7) is 0. The Kier molecular flexibility index (Phi) is 6.98. The van der Waals surface area contributed by atoms with Gasteiger partial charge in [-0.1, -0.05) is 41.9 Å². The Morgan fingerprint density at radius 3 is 2.15 bits per heavy atom. The quantitative estimate of drug-likeness (QED) is 0.382. The molecule has 34 heavy (non-hydrogen) atoms. The van der Waals surface area contributed by atoms with E-state index in [4.69, 9.17) is 30.2 Å². The lowest BCUT2D eigenvalue weighted by Gasteiger charge is -2.18. The van der Waals surface area contributed by atoms with Gasteiger partial charge in [0, 0.05) is 16.1 Å². The molecule has 0 aliphatic rings. The van der Waals surface area contributed by atoms with Gasteiger partial charge in [-0.3, -0.25) is 4.79 Å². The average Bonchev–Trinajstić information content (AvgIpc) is 3.37. The molecule has 0 unspecified atom stereocenters. The molecule has 8 nitrogen and oxygen atoms in total. The molecule has 9 heteroatoms. The number of amides is 1. The van der Waals surface area contributed by atoms with Gasteiger partial charge in [0.15, 0.2) is 11.5 Å². The molecule has 0 radical (unpaired) electrons. The Hall–Kier alpha value is -4.04. The molecular formula is C25H22ClN3O5. The van der Waals surface area contributed by atoms with Gasteiger partial charge in [0.25, 0.3) is 5.91 Å². The van der Waals surface area contributed by atoms with Gasteiger partial charge in [-0.05, 0) is 42.0 Å². The van der Waals surface area contributed by atoms with Crippen molar-refractivity contribution in [2.45, 2.75) is 6.04 Å². The van der Waals surface area contributed by atoms with Crippen molar-refractivity contribution >= 4 is 17.5 Å². The van der Waals surface area contributed by atoms with Crippen LogP contribution in [0.15, 0.2) is 71.1 Å². The van der Waals surface area contributed by atoms with Gasteiger partial charge < -0.3 is 23.9 Å². The van der Waals surface area contributed by atoms with Gasteiger partial charge in [-0.25, -0.2) is 0 Å². The van der Waals surface area contributed by atoms with Crippen LogP contribution in [0, 0.1) is 0 Å². The molecule has 4 aromatic rings. The molecule has 0 spiro atoms. The van der Waals surface area contributed by atoms with E-state index in [0.29, 0.717) is 39.3 Å². The zero-order valence-corrected chi connectivity index (χ0v) is 19.5. The second kappa shape index (κ2) is 10.3. The zero-order valence-electron chi connectivity index (χ0n) is 18.7. The zero-order chi connectivity index (χ0) is 24.1. The number of halogens is 1. The highest BCUT2D eigenvalue weighted by Crippen LogP contribution is 2.38. The number of hydrogen-bond donors (Lipinski definition) is 1. The largest absolute Gasteiger partial charge is 0.493 e. The topological polar surface area (TPSA) is 95.7 Å². The molecule has 0 fully saturated rings. The number of nitrogens with one attached hydrogen (secondary N) is 1. The van der Waals surface area contributed by atoms with Gasteiger partial charge in [-0.2, -0.15) is 0 Å². The molecular weight excluding hydrogens is 458 g/mol. The van der Waals surface area contributed by atoms with Crippen LogP contribution in [-0.2, 0) is 0 Å². The first-order chi connectivity index (χ1) is 16.5.